The molecule has 2 aromatic rings. The maximum absolute atomic E-state index is 11.1. The summed E-state index contributed by atoms with van der Waals surface area (Å²) < 4.78 is 1.76. The van der Waals surface area contributed by atoms with Crippen LogP contribution in [-0.4, -0.2) is 4.92 Å². The Bertz CT molecular complexity index is 647. The zero-order valence-corrected chi connectivity index (χ0v) is 13.7. The number of nitro benzene ring substituents is 1. The van der Waals surface area contributed by atoms with E-state index in [1.54, 1.807) is 12.1 Å². The van der Waals surface area contributed by atoms with Crippen LogP contribution < -0.4 is 5.32 Å². The smallest absolute Gasteiger partial charge is 0.293 e. The standard InChI is InChI=1S/C13H10BrIN2O2/c1-8-2-4-10(15)7-12(8)16-11-5-3-9(14)6-13(11)17(18)19/h2-7,16H,1H3. The minimum absolute atomic E-state index is 0.0487. The van der Waals surface area contributed by atoms with E-state index in [9.17, 15) is 10.1 Å². The number of benzene rings is 2. The molecule has 0 radical (unpaired) electrons. The Morgan fingerprint density at radius 1 is 1.21 bits per heavy atom. The van der Waals surface area contributed by atoms with Gasteiger partial charge in [-0.1, -0.05) is 22.0 Å². The number of nitrogens with zero attached hydrogens (tertiary/aromatic N) is 1. The van der Waals surface area contributed by atoms with E-state index in [0.717, 1.165) is 14.8 Å². The number of aryl methyl sites for hydroxylation is 1. The molecule has 2 aromatic carbocycles. The molecule has 0 atom stereocenters. The maximum atomic E-state index is 11.1. The highest BCUT2D eigenvalue weighted by Crippen LogP contribution is 2.31. The summed E-state index contributed by atoms with van der Waals surface area (Å²) >= 11 is 5.45. The van der Waals surface area contributed by atoms with Gasteiger partial charge in [0.25, 0.3) is 5.69 Å². The van der Waals surface area contributed by atoms with Gasteiger partial charge in [0.2, 0.25) is 0 Å². The average molecular weight is 433 g/mol. The summed E-state index contributed by atoms with van der Waals surface area (Å²) in [5.41, 5.74) is 2.45. The van der Waals surface area contributed by atoms with E-state index >= 15 is 0 Å². The van der Waals surface area contributed by atoms with E-state index < -0.39 is 4.92 Å². The lowest BCUT2D eigenvalue weighted by Crippen LogP contribution is -1.98. The lowest BCUT2D eigenvalue weighted by atomic mass is 10.2. The van der Waals surface area contributed by atoms with Gasteiger partial charge in [-0.05, 0) is 59.3 Å². The van der Waals surface area contributed by atoms with Crippen LogP contribution in [0.15, 0.2) is 40.9 Å². The van der Waals surface area contributed by atoms with Crippen LogP contribution in [0.2, 0.25) is 0 Å². The first kappa shape index (κ1) is 14.3. The summed E-state index contributed by atoms with van der Waals surface area (Å²) in [6.07, 6.45) is 0. The van der Waals surface area contributed by atoms with Crippen molar-refractivity contribution in [2.75, 3.05) is 5.32 Å². The van der Waals surface area contributed by atoms with Crippen molar-refractivity contribution in [3.8, 4) is 0 Å². The normalized spacial score (nSPS) is 10.3. The zero-order valence-electron chi connectivity index (χ0n) is 9.98. The van der Waals surface area contributed by atoms with Gasteiger partial charge >= 0.3 is 0 Å². The van der Waals surface area contributed by atoms with Crippen molar-refractivity contribution in [3.05, 3.63) is 60.1 Å². The summed E-state index contributed by atoms with van der Waals surface area (Å²) in [6, 6.07) is 10.9. The molecule has 2 rings (SSSR count). The van der Waals surface area contributed by atoms with Crippen LogP contribution in [0.3, 0.4) is 0 Å². The quantitative estimate of drug-likeness (QED) is 0.421. The van der Waals surface area contributed by atoms with E-state index in [-0.39, 0.29) is 5.69 Å². The van der Waals surface area contributed by atoms with Crippen molar-refractivity contribution in [1.82, 2.24) is 0 Å². The second kappa shape index (κ2) is 5.87. The first-order valence-electron chi connectivity index (χ1n) is 5.44. The van der Waals surface area contributed by atoms with Crippen molar-refractivity contribution in [1.29, 1.82) is 0 Å². The number of rotatable bonds is 3. The lowest BCUT2D eigenvalue weighted by Gasteiger charge is -2.10. The first-order valence-corrected chi connectivity index (χ1v) is 7.31. The number of halogens is 2. The molecule has 1 N–H and O–H groups in total. The summed E-state index contributed by atoms with van der Waals surface area (Å²) in [5.74, 6) is 0. The highest BCUT2D eigenvalue weighted by molar-refractivity contribution is 14.1. The first-order chi connectivity index (χ1) is 8.97. The van der Waals surface area contributed by atoms with Crippen molar-refractivity contribution < 1.29 is 4.92 Å². The van der Waals surface area contributed by atoms with Crippen molar-refractivity contribution in [2.24, 2.45) is 0 Å². The predicted octanol–water partition coefficient (Wildman–Crippen LogP) is 5.01. The molecule has 19 heavy (non-hydrogen) atoms. The van der Waals surface area contributed by atoms with Crippen LogP contribution in [-0.2, 0) is 0 Å². The number of nitro groups is 1. The molecule has 0 bridgehead atoms. The molecule has 0 spiro atoms. The van der Waals surface area contributed by atoms with E-state index in [0.29, 0.717) is 10.2 Å². The minimum Gasteiger partial charge on any atom is -0.350 e. The van der Waals surface area contributed by atoms with Crippen LogP contribution in [0.4, 0.5) is 17.1 Å². The largest absolute Gasteiger partial charge is 0.350 e. The highest BCUT2D eigenvalue weighted by Gasteiger charge is 2.14. The fourth-order valence-electron chi connectivity index (χ4n) is 1.64. The fourth-order valence-corrected chi connectivity index (χ4v) is 2.48. The van der Waals surface area contributed by atoms with E-state index in [4.69, 9.17) is 0 Å². The summed E-state index contributed by atoms with van der Waals surface area (Å²) in [4.78, 5) is 10.7. The van der Waals surface area contributed by atoms with E-state index in [2.05, 4.69) is 43.8 Å². The minimum atomic E-state index is -0.393. The Morgan fingerprint density at radius 3 is 2.63 bits per heavy atom. The third-order valence-electron chi connectivity index (χ3n) is 2.63. The van der Waals surface area contributed by atoms with Crippen LogP contribution in [0, 0.1) is 20.6 Å². The maximum Gasteiger partial charge on any atom is 0.293 e. The number of anilines is 2. The van der Waals surface area contributed by atoms with Gasteiger partial charge in [0, 0.05) is 19.8 Å². The third-order valence-corrected chi connectivity index (χ3v) is 3.79. The molecule has 0 aromatic heterocycles. The molecule has 0 unspecified atom stereocenters. The predicted molar refractivity (Wildman–Crippen MR) is 88.0 cm³/mol. The molecule has 0 aliphatic heterocycles. The number of nitrogens with one attached hydrogen (secondary N) is 1. The topological polar surface area (TPSA) is 55.2 Å². The Hall–Kier alpha value is -1.15. The molecule has 98 valence electrons. The Balaban J connectivity index is 2.43. The molecule has 4 nitrogen and oxygen atoms in total. The van der Waals surface area contributed by atoms with Gasteiger partial charge in [-0.2, -0.15) is 0 Å². The zero-order chi connectivity index (χ0) is 14.0. The molecule has 0 fully saturated rings. The fraction of sp³-hybridized carbons (Fsp3) is 0.0769. The monoisotopic (exact) mass is 432 g/mol. The van der Waals surface area contributed by atoms with Gasteiger partial charge in [0.1, 0.15) is 5.69 Å². The molecular weight excluding hydrogens is 423 g/mol. The summed E-state index contributed by atoms with van der Waals surface area (Å²) in [7, 11) is 0. The Morgan fingerprint density at radius 2 is 1.95 bits per heavy atom. The molecule has 0 heterocycles. The molecule has 0 amide bonds. The molecule has 0 saturated carbocycles. The van der Waals surface area contributed by atoms with E-state index in [1.807, 2.05) is 25.1 Å². The van der Waals surface area contributed by atoms with Crippen molar-refractivity contribution >= 4 is 55.6 Å². The molecule has 0 aliphatic carbocycles. The number of hydrogen-bond acceptors (Lipinski definition) is 3. The van der Waals surface area contributed by atoms with Crippen LogP contribution in [0.5, 0.6) is 0 Å². The molecule has 0 aliphatic rings. The highest BCUT2D eigenvalue weighted by atomic mass is 127. The van der Waals surface area contributed by atoms with Crippen molar-refractivity contribution in [3.63, 3.8) is 0 Å². The van der Waals surface area contributed by atoms with Crippen LogP contribution >= 0.6 is 38.5 Å². The van der Waals surface area contributed by atoms with Gasteiger partial charge < -0.3 is 5.32 Å². The van der Waals surface area contributed by atoms with Crippen molar-refractivity contribution in [2.45, 2.75) is 6.92 Å². The van der Waals surface area contributed by atoms with Gasteiger partial charge in [0.05, 0.1) is 4.92 Å². The van der Waals surface area contributed by atoms with Crippen LogP contribution in [0.25, 0.3) is 0 Å². The SMILES string of the molecule is Cc1ccc(I)cc1Nc1ccc(Br)cc1[N+](=O)[O-]. The van der Waals surface area contributed by atoms with Gasteiger partial charge in [-0.15, -0.1) is 0 Å². The van der Waals surface area contributed by atoms with Gasteiger partial charge in [-0.25, -0.2) is 0 Å². The van der Waals surface area contributed by atoms with E-state index in [1.165, 1.54) is 6.07 Å². The Labute approximate surface area is 132 Å². The second-order valence-electron chi connectivity index (χ2n) is 4.00. The molecule has 6 heteroatoms. The van der Waals surface area contributed by atoms with Crippen LogP contribution in [0.1, 0.15) is 5.56 Å². The molecular formula is C13H10BrIN2O2. The summed E-state index contributed by atoms with van der Waals surface area (Å²) in [5, 5.41) is 14.2. The summed E-state index contributed by atoms with van der Waals surface area (Å²) in [6.45, 7) is 1.96. The van der Waals surface area contributed by atoms with Gasteiger partial charge in [0.15, 0.2) is 0 Å². The molecule has 0 saturated heterocycles. The average Bonchev–Trinajstić information content (AvgIpc) is 2.35. The Kier molecular flexibility index (Phi) is 4.41. The lowest BCUT2D eigenvalue weighted by molar-refractivity contribution is -0.384. The number of hydrogen-bond donors (Lipinski definition) is 1. The van der Waals surface area contributed by atoms with Gasteiger partial charge in [-0.3, -0.25) is 10.1 Å². The third kappa shape index (κ3) is 3.44. The second-order valence-corrected chi connectivity index (χ2v) is 6.16.